The van der Waals surface area contributed by atoms with Gasteiger partial charge in [-0.05, 0) is 43.4 Å². The van der Waals surface area contributed by atoms with Crippen LogP contribution in [0.15, 0.2) is 36.2 Å². The Morgan fingerprint density at radius 3 is 2.81 bits per heavy atom. The highest BCUT2D eigenvalue weighted by molar-refractivity contribution is 6.29. The van der Waals surface area contributed by atoms with Gasteiger partial charge in [-0.1, -0.05) is 24.1 Å². The minimum Gasteiger partial charge on any atom is -0.456 e. The predicted molar refractivity (Wildman–Crippen MR) is 102 cm³/mol. The molecule has 2 aromatic rings. The van der Waals surface area contributed by atoms with Crippen LogP contribution in [0.5, 0.6) is 0 Å². The normalized spacial score (nSPS) is 16.8. The first-order chi connectivity index (χ1) is 13.1. The van der Waals surface area contributed by atoms with Crippen LogP contribution in [0, 0.1) is 12.8 Å². The molecule has 0 atom stereocenters. The predicted octanol–water partition coefficient (Wildman–Crippen LogP) is 3.48. The van der Waals surface area contributed by atoms with Gasteiger partial charge in [0.15, 0.2) is 0 Å². The highest BCUT2D eigenvalue weighted by Gasteiger charge is 2.23. The highest BCUT2D eigenvalue weighted by atomic mass is 35.5. The molecule has 4 rings (SSSR count). The lowest BCUT2D eigenvalue weighted by Crippen LogP contribution is -2.26. The fourth-order valence-corrected chi connectivity index (χ4v) is 3.64. The van der Waals surface area contributed by atoms with Gasteiger partial charge in [0.25, 0.3) is 0 Å². The van der Waals surface area contributed by atoms with Crippen molar-refractivity contribution in [1.82, 2.24) is 19.7 Å². The van der Waals surface area contributed by atoms with Crippen LogP contribution in [-0.2, 0) is 29.2 Å². The molecule has 0 radical (unpaired) electrons. The number of halogens is 1. The van der Waals surface area contributed by atoms with Gasteiger partial charge in [0.05, 0.1) is 23.6 Å². The quantitative estimate of drug-likeness (QED) is 0.538. The van der Waals surface area contributed by atoms with Crippen LogP contribution < -0.4 is 0 Å². The molecule has 2 aliphatic rings. The van der Waals surface area contributed by atoms with E-state index in [1.165, 1.54) is 19.3 Å². The molecule has 0 bridgehead atoms. The monoisotopic (exact) mass is 386 g/mol. The number of carbonyl (C=O) groups is 1. The van der Waals surface area contributed by atoms with Gasteiger partial charge in [-0.25, -0.2) is 9.78 Å². The lowest BCUT2D eigenvalue weighted by Gasteiger charge is -2.28. The van der Waals surface area contributed by atoms with Crippen molar-refractivity contribution < 1.29 is 9.53 Å². The molecule has 27 heavy (non-hydrogen) atoms. The van der Waals surface area contributed by atoms with E-state index in [-0.39, 0.29) is 5.97 Å². The van der Waals surface area contributed by atoms with Crippen LogP contribution >= 0.6 is 11.6 Å². The summed E-state index contributed by atoms with van der Waals surface area (Å²) in [6.07, 6.45) is 7.23. The van der Waals surface area contributed by atoms with Gasteiger partial charge in [-0.2, -0.15) is 5.10 Å². The molecule has 6 nitrogen and oxygen atoms in total. The zero-order valence-corrected chi connectivity index (χ0v) is 16.2. The average molecular weight is 387 g/mol. The molecule has 0 aromatic carbocycles. The molecule has 0 unspecified atom stereocenters. The number of aromatic nitrogens is 3. The van der Waals surface area contributed by atoms with Crippen molar-refractivity contribution in [2.24, 2.45) is 5.92 Å². The Kier molecular flexibility index (Phi) is 5.16. The molecule has 7 heteroatoms. The summed E-state index contributed by atoms with van der Waals surface area (Å²) in [7, 11) is 0. The van der Waals surface area contributed by atoms with Gasteiger partial charge in [0.1, 0.15) is 11.8 Å². The van der Waals surface area contributed by atoms with E-state index < -0.39 is 0 Å². The summed E-state index contributed by atoms with van der Waals surface area (Å²) in [6.45, 7) is 4.58. The number of hydrogen-bond donors (Lipinski definition) is 0. The minimum atomic E-state index is -0.289. The van der Waals surface area contributed by atoms with Gasteiger partial charge in [-0.3, -0.25) is 4.68 Å². The summed E-state index contributed by atoms with van der Waals surface area (Å²) in [4.78, 5) is 17.9. The van der Waals surface area contributed by atoms with E-state index in [1.807, 2.05) is 13.0 Å². The summed E-state index contributed by atoms with van der Waals surface area (Å²) < 4.78 is 7.26. The summed E-state index contributed by atoms with van der Waals surface area (Å²) in [5.74, 6) is 0.441. The first kappa shape index (κ1) is 18.0. The second-order valence-corrected chi connectivity index (χ2v) is 7.73. The van der Waals surface area contributed by atoms with E-state index in [0.29, 0.717) is 24.8 Å². The second-order valence-electron chi connectivity index (χ2n) is 7.34. The number of hydrogen-bond acceptors (Lipinski definition) is 5. The fraction of sp³-hybridized carbons (Fsp3) is 0.450. The lowest BCUT2D eigenvalue weighted by atomic mass is 9.85. The minimum absolute atomic E-state index is 0.289. The Balaban J connectivity index is 1.56. The number of cyclic esters (lactones) is 1. The van der Waals surface area contributed by atoms with Crippen LogP contribution in [-0.4, -0.2) is 32.2 Å². The Hall–Kier alpha value is -2.34. The van der Waals surface area contributed by atoms with E-state index >= 15 is 0 Å². The van der Waals surface area contributed by atoms with Gasteiger partial charge in [0, 0.05) is 25.4 Å². The van der Waals surface area contributed by atoms with Crippen LogP contribution in [0.2, 0.25) is 5.15 Å². The maximum Gasteiger partial charge on any atom is 0.333 e. The molecule has 1 saturated carbocycles. The number of pyridine rings is 1. The molecular formula is C20H23ClN4O2. The Morgan fingerprint density at radius 1 is 1.33 bits per heavy atom. The van der Waals surface area contributed by atoms with E-state index in [0.717, 1.165) is 35.1 Å². The molecule has 0 amide bonds. The molecule has 0 N–H and O–H groups in total. The number of carbonyl (C=O) groups excluding carboxylic acids is 1. The van der Waals surface area contributed by atoms with E-state index in [1.54, 1.807) is 18.3 Å². The van der Waals surface area contributed by atoms with E-state index in [9.17, 15) is 4.79 Å². The molecule has 2 aromatic heterocycles. The second kappa shape index (κ2) is 7.72. The molecule has 0 spiro atoms. The van der Waals surface area contributed by atoms with Crippen LogP contribution in [0.25, 0.3) is 0 Å². The van der Waals surface area contributed by atoms with Crippen molar-refractivity contribution in [3.05, 3.63) is 58.3 Å². The first-order valence-electron chi connectivity index (χ1n) is 9.33. The standard InChI is InChI=1S/C20H23ClN4O2/c1-14-7-17(25(23-14)11-15-3-2-4-15)12-24(18-8-20(26)27-13-18)10-16-5-6-19(21)22-9-16/h5-9,15H,2-4,10-13H2,1H3. The number of aryl methyl sites for hydroxylation is 1. The number of ether oxygens (including phenoxy) is 1. The molecule has 1 aliphatic carbocycles. The third-order valence-corrected chi connectivity index (χ3v) is 5.43. The SMILES string of the molecule is Cc1cc(CN(Cc2ccc(Cl)nc2)C2=CC(=O)OC2)n(CC2CCC2)n1. The zero-order valence-electron chi connectivity index (χ0n) is 15.4. The smallest absolute Gasteiger partial charge is 0.333 e. The van der Waals surface area contributed by atoms with Gasteiger partial charge < -0.3 is 9.64 Å². The topological polar surface area (TPSA) is 60.3 Å². The third-order valence-electron chi connectivity index (χ3n) is 5.21. The molecule has 142 valence electrons. The van der Waals surface area contributed by atoms with Crippen molar-refractivity contribution in [2.75, 3.05) is 6.61 Å². The largest absolute Gasteiger partial charge is 0.456 e. The van der Waals surface area contributed by atoms with E-state index in [2.05, 4.69) is 25.7 Å². The van der Waals surface area contributed by atoms with E-state index in [4.69, 9.17) is 16.3 Å². The maximum atomic E-state index is 11.6. The highest BCUT2D eigenvalue weighted by Crippen LogP contribution is 2.29. The summed E-state index contributed by atoms with van der Waals surface area (Å²) in [5.41, 5.74) is 4.08. The van der Waals surface area contributed by atoms with Crippen molar-refractivity contribution in [1.29, 1.82) is 0 Å². The van der Waals surface area contributed by atoms with Gasteiger partial charge >= 0.3 is 5.97 Å². The van der Waals surface area contributed by atoms with Crippen molar-refractivity contribution in [3.63, 3.8) is 0 Å². The molecule has 3 heterocycles. The fourth-order valence-electron chi connectivity index (χ4n) is 3.53. The third kappa shape index (κ3) is 4.33. The van der Waals surface area contributed by atoms with Crippen LogP contribution in [0.1, 0.15) is 36.2 Å². The number of rotatable bonds is 7. The first-order valence-corrected chi connectivity index (χ1v) is 9.70. The Bertz CT molecular complexity index is 855. The number of nitrogens with zero attached hydrogens (tertiary/aromatic N) is 4. The molecular weight excluding hydrogens is 364 g/mol. The van der Waals surface area contributed by atoms with Crippen LogP contribution in [0.3, 0.4) is 0 Å². The summed E-state index contributed by atoms with van der Waals surface area (Å²) >= 11 is 5.90. The van der Waals surface area contributed by atoms with Gasteiger partial charge in [0.2, 0.25) is 0 Å². The molecule has 0 saturated heterocycles. The molecule has 1 aliphatic heterocycles. The molecule has 1 fully saturated rings. The summed E-state index contributed by atoms with van der Waals surface area (Å²) in [6, 6.07) is 5.87. The van der Waals surface area contributed by atoms with Crippen molar-refractivity contribution in [3.8, 4) is 0 Å². The maximum absolute atomic E-state index is 11.6. The number of esters is 1. The Labute approximate surface area is 163 Å². The summed E-state index contributed by atoms with van der Waals surface area (Å²) in [5, 5.41) is 5.16. The lowest BCUT2D eigenvalue weighted by molar-refractivity contribution is -0.135. The zero-order chi connectivity index (χ0) is 18.8. The van der Waals surface area contributed by atoms with Crippen molar-refractivity contribution >= 4 is 17.6 Å². The van der Waals surface area contributed by atoms with Crippen LogP contribution in [0.4, 0.5) is 0 Å². The van der Waals surface area contributed by atoms with Crippen molar-refractivity contribution in [2.45, 2.75) is 45.8 Å². The Morgan fingerprint density at radius 2 is 2.19 bits per heavy atom. The van der Waals surface area contributed by atoms with Gasteiger partial charge in [-0.15, -0.1) is 0 Å². The average Bonchev–Trinajstić information content (AvgIpc) is 3.18.